The summed E-state index contributed by atoms with van der Waals surface area (Å²) in [5.41, 5.74) is 4.89. The number of nitrogens with zero attached hydrogens (tertiary/aromatic N) is 1. The molecule has 1 fully saturated rings. The van der Waals surface area contributed by atoms with Crippen LogP contribution >= 0.6 is 0 Å². The molecule has 1 heterocycles. The van der Waals surface area contributed by atoms with Crippen molar-refractivity contribution >= 4 is 6.03 Å². The van der Waals surface area contributed by atoms with E-state index < -0.39 is 6.03 Å². The van der Waals surface area contributed by atoms with Crippen molar-refractivity contribution in [2.45, 2.75) is 0 Å². The number of rotatable bonds is 2. The van der Waals surface area contributed by atoms with E-state index in [2.05, 4.69) is 17.3 Å². The third-order valence-corrected chi connectivity index (χ3v) is 1.70. The first-order chi connectivity index (χ1) is 4.68. The quantitative estimate of drug-likeness (QED) is 0.532. The maximum Gasteiger partial charge on any atom is 0.312 e. The second kappa shape index (κ2) is 2.88. The van der Waals surface area contributed by atoms with Gasteiger partial charge in [0, 0.05) is 25.6 Å². The van der Waals surface area contributed by atoms with Crippen molar-refractivity contribution in [3.8, 4) is 0 Å². The van der Waals surface area contributed by atoms with Crippen LogP contribution in [-0.2, 0) is 0 Å². The standard InChI is InChI=1S/C6H13N3O/c1-9-3-5(4-9)2-8-6(7)10/h5H,2-4H2,1H3,(H3,7,8,10). The van der Waals surface area contributed by atoms with E-state index >= 15 is 0 Å². The van der Waals surface area contributed by atoms with E-state index in [1.807, 2.05) is 0 Å². The van der Waals surface area contributed by atoms with Gasteiger partial charge in [0.05, 0.1) is 0 Å². The molecular formula is C6H13N3O. The molecule has 1 aliphatic rings. The highest BCUT2D eigenvalue weighted by atomic mass is 16.2. The SMILES string of the molecule is CN1CC(CNC(N)=O)C1. The maximum atomic E-state index is 10.2. The minimum absolute atomic E-state index is 0.422. The van der Waals surface area contributed by atoms with Gasteiger partial charge in [-0.2, -0.15) is 0 Å². The highest BCUT2D eigenvalue weighted by Crippen LogP contribution is 2.10. The molecule has 58 valence electrons. The predicted molar refractivity (Wildman–Crippen MR) is 38.6 cm³/mol. The molecule has 0 saturated carbocycles. The summed E-state index contributed by atoms with van der Waals surface area (Å²) in [6.07, 6.45) is 0. The Morgan fingerprint density at radius 3 is 2.80 bits per heavy atom. The fraction of sp³-hybridized carbons (Fsp3) is 0.833. The summed E-state index contributed by atoms with van der Waals surface area (Å²) < 4.78 is 0. The molecule has 0 radical (unpaired) electrons. The smallest absolute Gasteiger partial charge is 0.312 e. The molecule has 0 spiro atoms. The molecule has 1 saturated heterocycles. The average Bonchev–Trinajstić information content (AvgIpc) is 1.77. The van der Waals surface area contributed by atoms with Crippen molar-refractivity contribution in [3.63, 3.8) is 0 Å². The summed E-state index contributed by atoms with van der Waals surface area (Å²) in [7, 11) is 2.06. The largest absolute Gasteiger partial charge is 0.352 e. The number of carbonyl (C=O) groups excluding carboxylic acids is 1. The molecule has 4 heteroatoms. The minimum atomic E-state index is -0.422. The lowest BCUT2D eigenvalue weighted by molar-refractivity contribution is 0.134. The highest BCUT2D eigenvalue weighted by Gasteiger charge is 2.22. The van der Waals surface area contributed by atoms with Crippen LogP contribution in [0.4, 0.5) is 4.79 Å². The van der Waals surface area contributed by atoms with Crippen molar-refractivity contribution in [2.24, 2.45) is 11.7 Å². The predicted octanol–water partition coefficient (Wildman–Crippen LogP) is -0.784. The summed E-state index contributed by atoms with van der Waals surface area (Å²) >= 11 is 0. The van der Waals surface area contributed by atoms with Crippen molar-refractivity contribution < 1.29 is 4.79 Å². The van der Waals surface area contributed by atoms with Gasteiger partial charge < -0.3 is 16.0 Å². The fourth-order valence-electron chi connectivity index (χ4n) is 1.20. The summed E-state index contributed by atoms with van der Waals surface area (Å²) in [4.78, 5) is 12.4. The van der Waals surface area contributed by atoms with E-state index in [0.29, 0.717) is 5.92 Å². The second-order valence-electron chi connectivity index (χ2n) is 2.83. The van der Waals surface area contributed by atoms with Crippen LogP contribution in [0, 0.1) is 5.92 Å². The van der Waals surface area contributed by atoms with Crippen molar-refractivity contribution in [1.82, 2.24) is 10.2 Å². The topological polar surface area (TPSA) is 58.4 Å². The molecule has 0 aromatic carbocycles. The fourth-order valence-corrected chi connectivity index (χ4v) is 1.20. The third-order valence-electron chi connectivity index (χ3n) is 1.70. The van der Waals surface area contributed by atoms with Crippen LogP contribution in [0.25, 0.3) is 0 Å². The van der Waals surface area contributed by atoms with E-state index in [1.165, 1.54) is 0 Å². The molecule has 1 rings (SSSR count). The molecule has 3 N–H and O–H groups in total. The van der Waals surface area contributed by atoms with Gasteiger partial charge in [0.25, 0.3) is 0 Å². The maximum absolute atomic E-state index is 10.2. The Kier molecular flexibility index (Phi) is 2.11. The number of nitrogens with two attached hydrogens (primary N) is 1. The molecule has 0 atom stereocenters. The van der Waals surface area contributed by atoms with Crippen molar-refractivity contribution in [1.29, 1.82) is 0 Å². The summed E-state index contributed by atoms with van der Waals surface area (Å²) in [5.74, 6) is 0.609. The Labute approximate surface area is 60.4 Å². The first-order valence-electron chi connectivity index (χ1n) is 3.40. The van der Waals surface area contributed by atoms with Gasteiger partial charge in [-0.15, -0.1) is 0 Å². The van der Waals surface area contributed by atoms with Gasteiger partial charge in [0.15, 0.2) is 0 Å². The Morgan fingerprint density at radius 2 is 2.40 bits per heavy atom. The van der Waals surface area contributed by atoms with Gasteiger partial charge >= 0.3 is 6.03 Å². The van der Waals surface area contributed by atoms with E-state index in [0.717, 1.165) is 19.6 Å². The number of carbonyl (C=O) groups is 1. The first kappa shape index (κ1) is 7.34. The number of nitrogens with one attached hydrogen (secondary N) is 1. The molecule has 10 heavy (non-hydrogen) atoms. The minimum Gasteiger partial charge on any atom is -0.352 e. The van der Waals surface area contributed by atoms with Gasteiger partial charge in [-0.1, -0.05) is 0 Å². The number of hydrogen-bond acceptors (Lipinski definition) is 2. The van der Waals surface area contributed by atoms with Gasteiger partial charge in [0.1, 0.15) is 0 Å². The molecule has 0 aromatic heterocycles. The lowest BCUT2D eigenvalue weighted by atomic mass is 10.0. The lowest BCUT2D eigenvalue weighted by Gasteiger charge is -2.35. The van der Waals surface area contributed by atoms with Crippen LogP contribution in [0.2, 0.25) is 0 Å². The molecule has 0 unspecified atom stereocenters. The first-order valence-corrected chi connectivity index (χ1v) is 3.40. The summed E-state index contributed by atoms with van der Waals surface area (Å²) in [5, 5.41) is 2.58. The Morgan fingerprint density at radius 1 is 1.80 bits per heavy atom. The molecule has 0 aromatic rings. The van der Waals surface area contributed by atoms with Gasteiger partial charge in [-0.05, 0) is 7.05 Å². The molecule has 4 nitrogen and oxygen atoms in total. The molecule has 2 amide bonds. The third kappa shape index (κ3) is 1.88. The molecule has 1 aliphatic heterocycles. The molecule has 0 aliphatic carbocycles. The number of urea groups is 1. The van der Waals surface area contributed by atoms with Crippen LogP contribution in [0.15, 0.2) is 0 Å². The number of primary amides is 1. The van der Waals surface area contributed by atoms with Crippen LogP contribution in [-0.4, -0.2) is 37.6 Å². The van der Waals surface area contributed by atoms with Crippen LogP contribution < -0.4 is 11.1 Å². The van der Waals surface area contributed by atoms with Crippen molar-refractivity contribution in [3.05, 3.63) is 0 Å². The van der Waals surface area contributed by atoms with Gasteiger partial charge in [-0.25, -0.2) is 4.79 Å². The monoisotopic (exact) mass is 143 g/mol. The van der Waals surface area contributed by atoms with E-state index in [9.17, 15) is 4.79 Å². The Bertz CT molecular complexity index is 131. The van der Waals surface area contributed by atoms with Gasteiger partial charge in [-0.3, -0.25) is 0 Å². The van der Waals surface area contributed by atoms with Gasteiger partial charge in [0.2, 0.25) is 0 Å². The zero-order valence-electron chi connectivity index (χ0n) is 6.13. The molecular weight excluding hydrogens is 130 g/mol. The summed E-state index contributed by atoms with van der Waals surface area (Å²) in [6.45, 7) is 2.86. The Hall–Kier alpha value is -0.770. The van der Waals surface area contributed by atoms with E-state index in [-0.39, 0.29) is 0 Å². The zero-order chi connectivity index (χ0) is 7.56. The number of likely N-dealkylation sites (tertiary alicyclic amines) is 1. The zero-order valence-corrected chi connectivity index (χ0v) is 6.13. The average molecular weight is 143 g/mol. The Balaban J connectivity index is 2.00. The normalized spacial score (nSPS) is 20.1. The number of hydrogen-bond donors (Lipinski definition) is 2. The second-order valence-corrected chi connectivity index (χ2v) is 2.83. The lowest BCUT2D eigenvalue weighted by Crippen LogP contribution is -2.49. The summed E-state index contributed by atoms with van der Waals surface area (Å²) in [6, 6.07) is -0.422. The van der Waals surface area contributed by atoms with Crippen molar-refractivity contribution in [2.75, 3.05) is 26.7 Å². The van der Waals surface area contributed by atoms with Crippen LogP contribution in [0.5, 0.6) is 0 Å². The van der Waals surface area contributed by atoms with E-state index in [1.54, 1.807) is 0 Å². The number of amides is 2. The van der Waals surface area contributed by atoms with E-state index in [4.69, 9.17) is 5.73 Å². The molecule has 0 bridgehead atoms. The van der Waals surface area contributed by atoms with Crippen LogP contribution in [0.3, 0.4) is 0 Å². The highest BCUT2D eigenvalue weighted by molar-refractivity contribution is 5.71. The van der Waals surface area contributed by atoms with Crippen LogP contribution in [0.1, 0.15) is 0 Å².